The highest BCUT2D eigenvalue weighted by Crippen LogP contribution is 2.15. The Morgan fingerprint density at radius 2 is 1.72 bits per heavy atom. The van der Waals surface area contributed by atoms with Crippen LogP contribution in [0.3, 0.4) is 0 Å². The number of amides is 1. The first-order chi connectivity index (χ1) is 15.2. The average Bonchev–Trinajstić information content (AvgIpc) is 2.72. The van der Waals surface area contributed by atoms with Crippen molar-refractivity contribution in [3.8, 4) is 5.75 Å². The number of hydrogen-bond acceptors (Lipinski definition) is 8. The second-order valence-electron chi connectivity index (χ2n) is 8.06. The van der Waals surface area contributed by atoms with Gasteiger partial charge < -0.3 is 30.5 Å². The predicted octanol–water partition coefficient (Wildman–Crippen LogP) is -0.958. The zero-order chi connectivity index (χ0) is 23.4. The first-order valence-corrected chi connectivity index (χ1v) is 10.2. The Balaban J connectivity index is 2.14. The molecule has 0 unspecified atom stereocenters. The largest absolute Gasteiger partial charge is 0.507 e. The Bertz CT molecular complexity index is 1320. The molecule has 0 aliphatic carbocycles. The number of carbonyl (C=O) groups is 1. The molecule has 10 nitrogen and oxygen atoms in total. The van der Waals surface area contributed by atoms with Crippen LogP contribution in [0.25, 0.3) is 28.3 Å². The van der Waals surface area contributed by atoms with Crippen molar-refractivity contribution in [2.24, 2.45) is 0 Å². The first-order valence-electron chi connectivity index (χ1n) is 10.2. The summed E-state index contributed by atoms with van der Waals surface area (Å²) in [6.07, 6.45) is 1.57. The van der Waals surface area contributed by atoms with Gasteiger partial charge in [-0.2, -0.15) is 0 Å². The standard InChI is InChI=1S/C22H28N6O4/c1-27(2)9-7-23-12-14-16(30)11-17(31)21-19(14)26-20-15(29)6-5-13(18(20)25-21)22(32)24-8-10-28(3)4/h5-6,11-12,23,25,30H,7-10H2,1-4H3,(H,24,32). The van der Waals surface area contributed by atoms with Crippen molar-refractivity contribution in [2.45, 2.75) is 0 Å². The van der Waals surface area contributed by atoms with Gasteiger partial charge in [-0.15, -0.1) is 0 Å². The van der Waals surface area contributed by atoms with Gasteiger partial charge in [0.15, 0.2) is 0 Å². The number of likely N-dealkylation sites (N-methyl/N-ethyl adjacent to an activating group) is 2. The van der Waals surface area contributed by atoms with Crippen molar-refractivity contribution in [3.63, 3.8) is 0 Å². The molecule has 1 heterocycles. The molecule has 3 aromatic rings. The molecule has 0 atom stereocenters. The lowest BCUT2D eigenvalue weighted by Crippen LogP contribution is -2.32. The maximum Gasteiger partial charge on any atom is 0.253 e. The normalized spacial score (nSPS) is 12.2. The lowest BCUT2D eigenvalue weighted by Gasteiger charge is -2.12. The third kappa shape index (κ3) is 5.04. The number of aromatic hydroxyl groups is 1. The number of benzene rings is 2. The van der Waals surface area contributed by atoms with E-state index in [1.54, 1.807) is 6.20 Å². The molecule has 1 aromatic heterocycles. The van der Waals surface area contributed by atoms with E-state index in [4.69, 9.17) is 0 Å². The highest BCUT2D eigenvalue weighted by atomic mass is 16.3. The van der Waals surface area contributed by atoms with E-state index in [9.17, 15) is 19.5 Å². The van der Waals surface area contributed by atoms with E-state index in [0.29, 0.717) is 19.6 Å². The molecule has 1 amide bonds. The van der Waals surface area contributed by atoms with Crippen molar-refractivity contribution in [1.29, 1.82) is 0 Å². The molecule has 4 N–H and O–H groups in total. The maximum atomic E-state index is 12.7. The molecule has 0 aliphatic heterocycles. The highest BCUT2D eigenvalue weighted by Gasteiger charge is 2.16. The second-order valence-corrected chi connectivity index (χ2v) is 8.06. The smallest absolute Gasteiger partial charge is 0.253 e. The van der Waals surface area contributed by atoms with Crippen LogP contribution in [0.15, 0.2) is 27.8 Å². The fourth-order valence-electron chi connectivity index (χ4n) is 3.21. The zero-order valence-corrected chi connectivity index (χ0v) is 18.7. The Kier molecular flexibility index (Phi) is 7.06. The number of nitrogens with zero attached hydrogens (tertiary/aromatic N) is 3. The van der Waals surface area contributed by atoms with Gasteiger partial charge in [0.2, 0.25) is 10.9 Å². The topological polar surface area (TPSA) is 131 Å². The van der Waals surface area contributed by atoms with Crippen molar-refractivity contribution < 1.29 is 9.90 Å². The van der Waals surface area contributed by atoms with E-state index in [0.717, 1.165) is 12.6 Å². The molecule has 10 heteroatoms. The summed E-state index contributed by atoms with van der Waals surface area (Å²) in [6, 6.07) is 3.78. The maximum absolute atomic E-state index is 12.7. The summed E-state index contributed by atoms with van der Waals surface area (Å²) in [7, 11) is 7.67. The van der Waals surface area contributed by atoms with Crippen LogP contribution < -0.4 is 26.7 Å². The summed E-state index contributed by atoms with van der Waals surface area (Å²) in [5.74, 6) is -0.622. The monoisotopic (exact) mass is 440 g/mol. The average molecular weight is 441 g/mol. The van der Waals surface area contributed by atoms with Gasteiger partial charge in [-0.25, -0.2) is 4.98 Å². The highest BCUT2D eigenvalue weighted by molar-refractivity contribution is 6.06. The fourth-order valence-corrected chi connectivity index (χ4v) is 3.21. The van der Waals surface area contributed by atoms with Crippen LogP contribution in [0.5, 0.6) is 5.75 Å². The van der Waals surface area contributed by atoms with E-state index in [2.05, 4.69) is 20.6 Å². The molecule has 0 saturated carbocycles. The molecule has 0 fully saturated rings. The minimum absolute atomic E-state index is 0.0192. The summed E-state index contributed by atoms with van der Waals surface area (Å²) in [5, 5.41) is 16.5. The number of H-pyrrole nitrogens is 1. The van der Waals surface area contributed by atoms with Crippen LogP contribution in [-0.4, -0.2) is 85.2 Å². The third-order valence-electron chi connectivity index (χ3n) is 4.94. The molecule has 3 rings (SSSR count). The summed E-state index contributed by atoms with van der Waals surface area (Å²) in [6.45, 7) is 2.44. The van der Waals surface area contributed by atoms with Gasteiger partial charge in [-0.3, -0.25) is 14.4 Å². The van der Waals surface area contributed by atoms with E-state index < -0.39 is 10.9 Å². The van der Waals surface area contributed by atoms with Gasteiger partial charge in [0.05, 0.1) is 16.3 Å². The third-order valence-corrected chi connectivity index (χ3v) is 4.94. The molecular formula is C22H28N6O4. The number of phenolic OH excluding ortho intramolecular Hbond substituents is 1. The van der Waals surface area contributed by atoms with E-state index in [1.807, 2.05) is 38.0 Å². The first kappa shape index (κ1) is 23.2. The minimum Gasteiger partial charge on any atom is -0.507 e. The summed E-state index contributed by atoms with van der Waals surface area (Å²) >= 11 is 0. The number of aromatic amines is 1. The molecule has 0 spiro atoms. The van der Waals surface area contributed by atoms with E-state index in [1.165, 1.54) is 12.1 Å². The fraction of sp³-hybridized carbons (Fsp3) is 0.364. The van der Waals surface area contributed by atoms with Crippen molar-refractivity contribution in [1.82, 2.24) is 30.4 Å². The van der Waals surface area contributed by atoms with Crippen LogP contribution in [0.1, 0.15) is 10.4 Å². The lowest BCUT2D eigenvalue weighted by atomic mass is 10.1. The Morgan fingerprint density at radius 3 is 2.41 bits per heavy atom. The molecule has 32 heavy (non-hydrogen) atoms. The number of fused-ring (bicyclic) bond motifs is 2. The molecule has 170 valence electrons. The van der Waals surface area contributed by atoms with Crippen molar-refractivity contribution >= 4 is 34.2 Å². The number of hydrogen-bond donors (Lipinski definition) is 4. The summed E-state index contributed by atoms with van der Waals surface area (Å²) in [5.41, 5.74) is -0.217. The number of aromatic nitrogens is 2. The van der Waals surface area contributed by atoms with Gasteiger partial charge in [0.25, 0.3) is 5.91 Å². The van der Waals surface area contributed by atoms with Gasteiger partial charge in [-0.05, 0) is 40.3 Å². The Hall–Kier alpha value is -3.50. The van der Waals surface area contributed by atoms with Crippen LogP contribution in [0, 0.1) is 0 Å². The number of nitrogens with one attached hydrogen (secondary N) is 3. The molecule has 0 saturated heterocycles. The summed E-state index contributed by atoms with van der Waals surface area (Å²) in [4.78, 5) is 49.0. The van der Waals surface area contributed by atoms with Crippen LogP contribution in [0.4, 0.5) is 0 Å². The lowest BCUT2D eigenvalue weighted by molar-refractivity contribution is 0.0952. The molecule has 0 radical (unpaired) electrons. The van der Waals surface area contributed by atoms with Crippen LogP contribution in [0.2, 0.25) is 0 Å². The van der Waals surface area contributed by atoms with Crippen molar-refractivity contribution in [3.05, 3.63) is 49.4 Å². The number of rotatable bonds is 8. The van der Waals surface area contributed by atoms with Gasteiger partial charge in [0, 0.05) is 38.4 Å². The van der Waals surface area contributed by atoms with Gasteiger partial charge in [0.1, 0.15) is 22.3 Å². The van der Waals surface area contributed by atoms with Crippen LogP contribution >= 0.6 is 0 Å². The number of carbonyl (C=O) groups excluding carboxylic acids is 1. The van der Waals surface area contributed by atoms with Gasteiger partial charge >= 0.3 is 0 Å². The summed E-state index contributed by atoms with van der Waals surface area (Å²) < 4.78 is 0. The molecule has 0 aliphatic rings. The van der Waals surface area contributed by atoms with Crippen LogP contribution in [-0.2, 0) is 0 Å². The van der Waals surface area contributed by atoms with E-state index >= 15 is 0 Å². The quantitative estimate of drug-likeness (QED) is 0.260. The molecule has 2 aromatic carbocycles. The Labute approximate surface area is 184 Å². The molecular weight excluding hydrogens is 412 g/mol. The minimum atomic E-state index is -0.493. The predicted molar refractivity (Wildman–Crippen MR) is 125 cm³/mol. The second kappa shape index (κ2) is 9.75. The van der Waals surface area contributed by atoms with Gasteiger partial charge in [-0.1, -0.05) is 0 Å². The van der Waals surface area contributed by atoms with Crippen molar-refractivity contribution in [2.75, 3.05) is 54.4 Å². The zero-order valence-electron chi connectivity index (χ0n) is 18.7. The Morgan fingerprint density at radius 1 is 1.03 bits per heavy atom. The number of phenols is 1. The molecule has 0 bridgehead atoms. The van der Waals surface area contributed by atoms with E-state index in [-0.39, 0.29) is 44.5 Å². The SMILES string of the molecule is CN(C)CCNC=c1c(O)cc(=O)c2[nH]c3c(C(=O)NCCN(C)C)ccc(=O)c3nc12.